The van der Waals surface area contributed by atoms with Gasteiger partial charge in [-0.2, -0.15) is 0 Å². The van der Waals surface area contributed by atoms with Gasteiger partial charge >= 0.3 is 0 Å². The molecule has 0 saturated carbocycles. The average molecular weight is 466 g/mol. The van der Waals surface area contributed by atoms with E-state index < -0.39 is 0 Å². The molecule has 0 aliphatic heterocycles. The maximum absolute atomic E-state index is 13.2. The largest absolute Gasteiger partial charge is 0.356 e. The highest BCUT2D eigenvalue weighted by atomic mass is 19.1. The number of nitrogens with one attached hydrogen (secondary N) is 1. The SMILES string of the molecule is Fc1ccc(-c2ccc(Nc3ccc(-c4cccc5cccc(-c6ccccc6)c45)cc3)cc2)cc1. The molecule has 0 saturated heterocycles. The molecule has 0 spiro atoms. The van der Waals surface area contributed by atoms with Crippen molar-refractivity contribution in [3.63, 3.8) is 0 Å². The minimum absolute atomic E-state index is 0.222. The maximum Gasteiger partial charge on any atom is 0.123 e. The van der Waals surface area contributed by atoms with Crippen molar-refractivity contribution in [2.75, 3.05) is 5.32 Å². The number of hydrogen-bond donors (Lipinski definition) is 1. The zero-order chi connectivity index (χ0) is 24.3. The highest BCUT2D eigenvalue weighted by molar-refractivity contribution is 6.06. The highest BCUT2D eigenvalue weighted by Crippen LogP contribution is 2.37. The summed E-state index contributed by atoms with van der Waals surface area (Å²) in [5.74, 6) is -0.222. The van der Waals surface area contributed by atoms with E-state index in [-0.39, 0.29) is 5.82 Å². The Morgan fingerprint density at radius 1 is 0.389 bits per heavy atom. The van der Waals surface area contributed by atoms with Crippen molar-refractivity contribution in [2.45, 2.75) is 0 Å². The first-order chi connectivity index (χ1) is 17.7. The standard InChI is InChI=1S/C34H24FN/c35-29-18-12-24(13-19-29)25-14-20-30(21-15-25)36-31-22-16-27(17-23-31)33-11-5-9-28-8-4-10-32(34(28)33)26-6-2-1-3-7-26/h1-23,36H. The van der Waals surface area contributed by atoms with Gasteiger partial charge in [-0.1, -0.05) is 103 Å². The molecule has 0 aromatic heterocycles. The Kier molecular flexibility index (Phi) is 5.77. The van der Waals surface area contributed by atoms with Crippen molar-refractivity contribution < 1.29 is 4.39 Å². The summed E-state index contributed by atoms with van der Waals surface area (Å²) in [5.41, 5.74) is 8.95. The second kappa shape index (κ2) is 9.52. The van der Waals surface area contributed by atoms with Crippen molar-refractivity contribution in [3.8, 4) is 33.4 Å². The van der Waals surface area contributed by atoms with Crippen LogP contribution in [0.2, 0.25) is 0 Å². The Balaban J connectivity index is 1.28. The normalized spacial score (nSPS) is 10.9. The van der Waals surface area contributed by atoms with E-state index in [1.165, 1.54) is 45.2 Å². The quantitative estimate of drug-likeness (QED) is 0.267. The molecule has 0 amide bonds. The van der Waals surface area contributed by atoms with E-state index in [2.05, 4.69) is 96.3 Å². The molecule has 0 radical (unpaired) electrons. The van der Waals surface area contributed by atoms with Gasteiger partial charge in [0.15, 0.2) is 0 Å². The molecule has 6 aromatic carbocycles. The van der Waals surface area contributed by atoms with E-state index in [0.29, 0.717) is 0 Å². The van der Waals surface area contributed by atoms with E-state index in [0.717, 1.165) is 22.5 Å². The number of anilines is 2. The Bertz CT molecular complexity index is 1610. The molecule has 1 N–H and O–H groups in total. The van der Waals surface area contributed by atoms with Crippen molar-refractivity contribution >= 4 is 22.1 Å². The van der Waals surface area contributed by atoms with Crippen molar-refractivity contribution in [3.05, 3.63) is 145 Å². The minimum atomic E-state index is -0.222. The van der Waals surface area contributed by atoms with E-state index >= 15 is 0 Å². The van der Waals surface area contributed by atoms with E-state index in [9.17, 15) is 4.39 Å². The summed E-state index contributed by atoms with van der Waals surface area (Å²) in [6, 6.07) is 46.9. The Morgan fingerprint density at radius 2 is 0.861 bits per heavy atom. The summed E-state index contributed by atoms with van der Waals surface area (Å²) >= 11 is 0. The van der Waals surface area contributed by atoms with Gasteiger partial charge in [-0.15, -0.1) is 0 Å². The van der Waals surface area contributed by atoms with Crippen LogP contribution in [0.5, 0.6) is 0 Å². The first kappa shape index (κ1) is 21.8. The van der Waals surface area contributed by atoms with Crippen LogP contribution in [0.3, 0.4) is 0 Å². The van der Waals surface area contributed by atoms with Gasteiger partial charge in [0.25, 0.3) is 0 Å². The third kappa shape index (κ3) is 4.37. The Labute approximate surface area is 210 Å². The molecule has 0 bridgehead atoms. The van der Waals surface area contributed by atoms with Crippen LogP contribution in [-0.2, 0) is 0 Å². The van der Waals surface area contributed by atoms with Gasteiger partial charge in [-0.05, 0) is 80.6 Å². The van der Waals surface area contributed by atoms with E-state index in [1.807, 2.05) is 24.3 Å². The first-order valence-electron chi connectivity index (χ1n) is 12.1. The van der Waals surface area contributed by atoms with Crippen LogP contribution in [0.15, 0.2) is 140 Å². The van der Waals surface area contributed by atoms with Crippen LogP contribution in [0, 0.1) is 5.82 Å². The fourth-order valence-electron chi connectivity index (χ4n) is 4.73. The fourth-order valence-corrected chi connectivity index (χ4v) is 4.73. The van der Waals surface area contributed by atoms with Crippen LogP contribution in [0.4, 0.5) is 15.8 Å². The Morgan fingerprint density at radius 3 is 1.42 bits per heavy atom. The summed E-state index contributed by atoms with van der Waals surface area (Å²) in [5, 5.41) is 5.99. The first-order valence-corrected chi connectivity index (χ1v) is 12.1. The molecule has 0 unspecified atom stereocenters. The van der Waals surface area contributed by atoms with Crippen LogP contribution >= 0.6 is 0 Å². The summed E-state index contributed by atoms with van der Waals surface area (Å²) < 4.78 is 13.2. The molecule has 0 aliphatic rings. The number of hydrogen-bond acceptors (Lipinski definition) is 1. The molecular formula is C34H24FN. The average Bonchev–Trinajstić information content (AvgIpc) is 2.94. The monoisotopic (exact) mass is 465 g/mol. The molecule has 6 rings (SSSR count). The zero-order valence-electron chi connectivity index (χ0n) is 19.7. The molecular weight excluding hydrogens is 441 g/mol. The van der Waals surface area contributed by atoms with Crippen molar-refractivity contribution in [1.82, 2.24) is 0 Å². The van der Waals surface area contributed by atoms with Gasteiger partial charge in [-0.25, -0.2) is 4.39 Å². The van der Waals surface area contributed by atoms with Gasteiger partial charge in [0.2, 0.25) is 0 Å². The van der Waals surface area contributed by atoms with Crippen LogP contribution in [0.1, 0.15) is 0 Å². The maximum atomic E-state index is 13.2. The lowest BCUT2D eigenvalue weighted by atomic mass is 9.91. The molecule has 2 heteroatoms. The fraction of sp³-hybridized carbons (Fsp3) is 0. The Hall–Kier alpha value is -4.69. The van der Waals surface area contributed by atoms with Crippen LogP contribution < -0.4 is 5.32 Å². The second-order valence-electron chi connectivity index (χ2n) is 8.86. The predicted octanol–water partition coefficient (Wildman–Crippen LogP) is 9.72. The lowest BCUT2D eigenvalue weighted by molar-refractivity contribution is 0.628. The van der Waals surface area contributed by atoms with E-state index in [4.69, 9.17) is 0 Å². The molecule has 0 heterocycles. The van der Waals surface area contributed by atoms with Gasteiger partial charge < -0.3 is 5.32 Å². The minimum Gasteiger partial charge on any atom is -0.356 e. The topological polar surface area (TPSA) is 12.0 Å². The predicted molar refractivity (Wildman–Crippen MR) is 150 cm³/mol. The lowest BCUT2D eigenvalue weighted by Gasteiger charge is -2.13. The molecule has 172 valence electrons. The molecule has 36 heavy (non-hydrogen) atoms. The highest BCUT2D eigenvalue weighted by Gasteiger charge is 2.10. The lowest BCUT2D eigenvalue weighted by Crippen LogP contribution is -1.91. The molecule has 1 nitrogen and oxygen atoms in total. The smallest absolute Gasteiger partial charge is 0.123 e. The third-order valence-electron chi connectivity index (χ3n) is 6.54. The summed E-state index contributed by atoms with van der Waals surface area (Å²) in [6.45, 7) is 0. The number of benzene rings is 6. The molecule has 0 fully saturated rings. The second-order valence-corrected chi connectivity index (χ2v) is 8.86. The van der Waals surface area contributed by atoms with E-state index in [1.54, 1.807) is 12.1 Å². The summed E-state index contributed by atoms with van der Waals surface area (Å²) in [7, 11) is 0. The number of rotatable bonds is 5. The summed E-state index contributed by atoms with van der Waals surface area (Å²) in [6.07, 6.45) is 0. The molecule has 0 atom stereocenters. The molecule has 6 aromatic rings. The third-order valence-corrected chi connectivity index (χ3v) is 6.54. The zero-order valence-corrected chi connectivity index (χ0v) is 19.7. The number of fused-ring (bicyclic) bond motifs is 1. The van der Waals surface area contributed by atoms with Gasteiger partial charge in [0.1, 0.15) is 5.82 Å². The van der Waals surface area contributed by atoms with Crippen molar-refractivity contribution in [2.24, 2.45) is 0 Å². The molecule has 0 aliphatic carbocycles. The number of halogens is 1. The van der Waals surface area contributed by atoms with Crippen molar-refractivity contribution in [1.29, 1.82) is 0 Å². The van der Waals surface area contributed by atoms with Gasteiger partial charge in [0, 0.05) is 11.4 Å². The van der Waals surface area contributed by atoms with Crippen LogP contribution in [0.25, 0.3) is 44.2 Å². The van der Waals surface area contributed by atoms with Crippen LogP contribution in [-0.4, -0.2) is 0 Å². The summed E-state index contributed by atoms with van der Waals surface area (Å²) in [4.78, 5) is 0. The van der Waals surface area contributed by atoms with Gasteiger partial charge in [0.05, 0.1) is 0 Å². The van der Waals surface area contributed by atoms with Gasteiger partial charge in [-0.3, -0.25) is 0 Å².